The third-order valence-corrected chi connectivity index (χ3v) is 4.75. The molecule has 0 aliphatic carbocycles. The van der Waals surface area contributed by atoms with Gasteiger partial charge in [-0.15, -0.1) is 0 Å². The van der Waals surface area contributed by atoms with Crippen molar-refractivity contribution in [2.45, 2.75) is 53.4 Å². The van der Waals surface area contributed by atoms with Crippen molar-refractivity contribution in [3.05, 3.63) is 41.4 Å². The molecule has 140 valence electrons. The first kappa shape index (κ1) is 17.5. The Bertz CT molecular complexity index is 1140. The quantitative estimate of drug-likeness (QED) is 0.586. The molecule has 0 fully saturated rings. The van der Waals surface area contributed by atoms with Crippen LogP contribution in [0.5, 0.6) is 0 Å². The van der Waals surface area contributed by atoms with Crippen LogP contribution in [-0.2, 0) is 12.8 Å². The number of anilines is 1. The van der Waals surface area contributed by atoms with Crippen molar-refractivity contribution in [1.82, 2.24) is 28.9 Å². The van der Waals surface area contributed by atoms with Gasteiger partial charge in [0.05, 0.1) is 11.4 Å². The van der Waals surface area contributed by atoms with Crippen LogP contribution in [0.25, 0.3) is 22.5 Å². The predicted octanol–water partition coefficient (Wildman–Crippen LogP) is 3.57. The van der Waals surface area contributed by atoms with Gasteiger partial charge in [0.1, 0.15) is 28.5 Å². The van der Waals surface area contributed by atoms with Crippen molar-refractivity contribution >= 4 is 22.5 Å². The molecule has 4 aromatic heterocycles. The Labute approximate surface area is 158 Å². The van der Waals surface area contributed by atoms with E-state index in [0.29, 0.717) is 5.82 Å². The maximum atomic E-state index is 6.23. The van der Waals surface area contributed by atoms with Crippen LogP contribution in [0.2, 0.25) is 0 Å². The molecule has 4 heterocycles. The van der Waals surface area contributed by atoms with Crippen LogP contribution in [0.1, 0.15) is 49.7 Å². The zero-order valence-corrected chi connectivity index (χ0v) is 16.3. The number of fused-ring (bicyclic) bond motifs is 3. The van der Waals surface area contributed by atoms with E-state index in [1.54, 1.807) is 0 Å². The van der Waals surface area contributed by atoms with Crippen molar-refractivity contribution in [1.29, 1.82) is 0 Å². The lowest BCUT2D eigenvalue weighted by atomic mass is 10.3. The van der Waals surface area contributed by atoms with Gasteiger partial charge in [0.15, 0.2) is 11.5 Å². The Morgan fingerprint density at radius 1 is 0.926 bits per heavy atom. The third kappa shape index (κ3) is 2.83. The standard InChI is InChI=1S/C20H25N7/c1-5-7-15-22-12(3)11-26(15)16-10-9-14-20(25-16)27-17(8-6-2)23-13(4)18(27)19(21)24-14/h9-11H,5-8H2,1-4H3,(H2,21,24). The van der Waals surface area contributed by atoms with Gasteiger partial charge in [-0.2, -0.15) is 0 Å². The molecule has 4 aromatic rings. The van der Waals surface area contributed by atoms with Gasteiger partial charge < -0.3 is 5.73 Å². The Hall–Kier alpha value is -2.96. The van der Waals surface area contributed by atoms with E-state index in [1.807, 2.05) is 32.2 Å². The van der Waals surface area contributed by atoms with Crippen LogP contribution in [0.15, 0.2) is 18.3 Å². The minimum atomic E-state index is 0.495. The summed E-state index contributed by atoms with van der Waals surface area (Å²) in [7, 11) is 0. The van der Waals surface area contributed by atoms with E-state index >= 15 is 0 Å². The Kier molecular flexibility index (Phi) is 4.30. The van der Waals surface area contributed by atoms with E-state index in [9.17, 15) is 0 Å². The summed E-state index contributed by atoms with van der Waals surface area (Å²) < 4.78 is 4.15. The van der Waals surface area contributed by atoms with Crippen LogP contribution in [0, 0.1) is 13.8 Å². The number of aryl methyl sites for hydroxylation is 4. The van der Waals surface area contributed by atoms with Crippen molar-refractivity contribution in [2.24, 2.45) is 0 Å². The molecule has 27 heavy (non-hydrogen) atoms. The second-order valence-electron chi connectivity index (χ2n) is 6.98. The van der Waals surface area contributed by atoms with E-state index < -0.39 is 0 Å². The van der Waals surface area contributed by atoms with Crippen LogP contribution in [-0.4, -0.2) is 28.9 Å². The van der Waals surface area contributed by atoms with Gasteiger partial charge in [0.2, 0.25) is 0 Å². The Morgan fingerprint density at radius 3 is 2.41 bits per heavy atom. The van der Waals surface area contributed by atoms with Crippen molar-refractivity contribution < 1.29 is 0 Å². The largest absolute Gasteiger partial charge is 0.382 e. The molecule has 7 heteroatoms. The summed E-state index contributed by atoms with van der Waals surface area (Å²) in [6.45, 7) is 8.29. The van der Waals surface area contributed by atoms with Gasteiger partial charge in [-0.25, -0.2) is 19.9 Å². The smallest absolute Gasteiger partial charge is 0.167 e. The van der Waals surface area contributed by atoms with Gasteiger partial charge in [-0.1, -0.05) is 13.8 Å². The maximum Gasteiger partial charge on any atom is 0.167 e. The first-order chi connectivity index (χ1) is 13.0. The highest BCUT2D eigenvalue weighted by Gasteiger charge is 2.17. The van der Waals surface area contributed by atoms with Crippen molar-refractivity contribution in [3.63, 3.8) is 0 Å². The molecule has 0 spiro atoms. The summed E-state index contributed by atoms with van der Waals surface area (Å²) in [4.78, 5) is 18.9. The van der Waals surface area contributed by atoms with Gasteiger partial charge in [-0.3, -0.25) is 8.97 Å². The zero-order valence-electron chi connectivity index (χ0n) is 16.3. The molecule has 7 nitrogen and oxygen atoms in total. The summed E-state index contributed by atoms with van der Waals surface area (Å²) in [5, 5.41) is 0. The van der Waals surface area contributed by atoms with Crippen molar-refractivity contribution in [3.8, 4) is 5.82 Å². The molecular formula is C20H25N7. The molecule has 0 aliphatic rings. The topological polar surface area (TPSA) is 86.9 Å². The fourth-order valence-corrected chi connectivity index (χ4v) is 3.65. The minimum absolute atomic E-state index is 0.495. The van der Waals surface area contributed by atoms with E-state index in [2.05, 4.69) is 32.8 Å². The van der Waals surface area contributed by atoms with E-state index in [1.165, 1.54) is 0 Å². The molecule has 4 rings (SSSR count). The molecule has 0 aliphatic heterocycles. The monoisotopic (exact) mass is 363 g/mol. The minimum Gasteiger partial charge on any atom is -0.382 e. The number of hydrogen-bond donors (Lipinski definition) is 1. The fraction of sp³-hybridized carbons (Fsp3) is 0.400. The van der Waals surface area contributed by atoms with Gasteiger partial charge >= 0.3 is 0 Å². The highest BCUT2D eigenvalue weighted by atomic mass is 15.2. The first-order valence-electron chi connectivity index (χ1n) is 9.52. The van der Waals surface area contributed by atoms with Crippen LogP contribution < -0.4 is 5.73 Å². The third-order valence-electron chi connectivity index (χ3n) is 4.75. The molecule has 0 atom stereocenters. The zero-order chi connectivity index (χ0) is 19.1. The number of rotatable bonds is 5. The van der Waals surface area contributed by atoms with Gasteiger partial charge in [0, 0.05) is 19.0 Å². The summed E-state index contributed by atoms with van der Waals surface area (Å²) >= 11 is 0. The lowest BCUT2D eigenvalue weighted by Gasteiger charge is -2.10. The molecule has 0 saturated heterocycles. The average molecular weight is 363 g/mol. The number of nitrogens with zero attached hydrogens (tertiary/aromatic N) is 6. The summed E-state index contributed by atoms with van der Waals surface area (Å²) in [5.74, 6) is 3.34. The Morgan fingerprint density at radius 2 is 1.67 bits per heavy atom. The molecule has 0 bridgehead atoms. The highest BCUT2D eigenvalue weighted by Crippen LogP contribution is 2.25. The number of pyridine rings is 1. The predicted molar refractivity (Wildman–Crippen MR) is 107 cm³/mol. The molecule has 0 unspecified atom stereocenters. The summed E-state index contributed by atoms with van der Waals surface area (Å²) in [6.07, 6.45) is 5.85. The van der Waals surface area contributed by atoms with Crippen LogP contribution in [0.3, 0.4) is 0 Å². The second kappa shape index (κ2) is 6.64. The SMILES string of the molecule is CCCc1nc(C)cn1-c1ccc2nc(N)c3c(C)nc(CCC)n3c2n1. The second-order valence-corrected chi connectivity index (χ2v) is 6.98. The number of hydrogen-bond acceptors (Lipinski definition) is 5. The first-order valence-corrected chi connectivity index (χ1v) is 9.52. The Balaban J connectivity index is 2.01. The molecule has 0 saturated carbocycles. The normalized spacial score (nSPS) is 11.7. The van der Waals surface area contributed by atoms with Crippen LogP contribution in [0.4, 0.5) is 5.82 Å². The number of aromatic nitrogens is 6. The van der Waals surface area contributed by atoms with Gasteiger partial charge in [-0.05, 0) is 38.8 Å². The van der Waals surface area contributed by atoms with Crippen LogP contribution >= 0.6 is 0 Å². The van der Waals surface area contributed by atoms with E-state index in [0.717, 1.165) is 71.2 Å². The lowest BCUT2D eigenvalue weighted by molar-refractivity contribution is 0.796. The fourth-order valence-electron chi connectivity index (χ4n) is 3.65. The number of imidazole rings is 2. The maximum absolute atomic E-state index is 6.23. The number of nitrogens with two attached hydrogens (primary N) is 1. The highest BCUT2D eigenvalue weighted by molar-refractivity contribution is 5.83. The summed E-state index contributed by atoms with van der Waals surface area (Å²) in [6, 6.07) is 3.95. The number of nitrogen functional groups attached to an aromatic ring is 1. The van der Waals surface area contributed by atoms with Gasteiger partial charge in [0.25, 0.3) is 0 Å². The van der Waals surface area contributed by atoms with E-state index in [4.69, 9.17) is 15.7 Å². The summed E-state index contributed by atoms with van der Waals surface area (Å²) in [5.41, 5.74) is 10.5. The molecule has 0 amide bonds. The van der Waals surface area contributed by atoms with Crippen molar-refractivity contribution in [2.75, 3.05) is 5.73 Å². The molecular weight excluding hydrogens is 338 g/mol. The molecule has 2 N–H and O–H groups in total. The molecule has 0 radical (unpaired) electrons. The molecule has 0 aromatic carbocycles. The average Bonchev–Trinajstić information content (AvgIpc) is 3.16. The lowest BCUT2D eigenvalue weighted by Crippen LogP contribution is -2.07. The van der Waals surface area contributed by atoms with E-state index in [-0.39, 0.29) is 0 Å².